The van der Waals surface area contributed by atoms with Gasteiger partial charge in [-0.15, -0.1) is 12.4 Å². The molecular weight excluding hydrogens is 306 g/mol. The van der Waals surface area contributed by atoms with E-state index in [9.17, 15) is 9.59 Å². The summed E-state index contributed by atoms with van der Waals surface area (Å²) >= 11 is 0. The molecule has 0 spiro atoms. The zero-order chi connectivity index (χ0) is 15.2. The lowest BCUT2D eigenvalue weighted by Crippen LogP contribution is -2.52. The maximum Gasteiger partial charge on any atom is 0.248 e. The summed E-state index contributed by atoms with van der Waals surface area (Å²) in [5.74, 6) is 0.267. The zero-order valence-corrected chi connectivity index (χ0v) is 13.4. The first-order valence-corrected chi connectivity index (χ1v) is 7.11. The Hall–Kier alpha value is -1.79. The Morgan fingerprint density at radius 1 is 1.36 bits per heavy atom. The van der Waals surface area contributed by atoms with Gasteiger partial charge < -0.3 is 20.7 Å². The van der Waals surface area contributed by atoms with Crippen LogP contribution in [0.2, 0.25) is 0 Å². The third-order valence-corrected chi connectivity index (χ3v) is 3.55. The Morgan fingerprint density at radius 2 is 2.05 bits per heavy atom. The smallest absolute Gasteiger partial charge is 0.248 e. The number of benzene rings is 1. The van der Waals surface area contributed by atoms with E-state index in [1.54, 1.807) is 24.3 Å². The highest BCUT2D eigenvalue weighted by Crippen LogP contribution is 2.12. The van der Waals surface area contributed by atoms with Crippen molar-refractivity contribution in [2.75, 3.05) is 26.2 Å². The molecule has 6 nitrogen and oxygen atoms in total. The summed E-state index contributed by atoms with van der Waals surface area (Å²) in [6.45, 7) is 4.78. The van der Waals surface area contributed by atoms with E-state index in [2.05, 4.69) is 5.32 Å². The molecule has 1 aliphatic heterocycles. The molecule has 22 heavy (non-hydrogen) atoms. The minimum Gasteiger partial charge on any atom is -0.493 e. The number of carbonyl (C=O) groups excluding carboxylic acids is 2. The van der Waals surface area contributed by atoms with E-state index in [1.807, 2.05) is 11.8 Å². The molecule has 1 aliphatic rings. The molecule has 1 fully saturated rings. The van der Waals surface area contributed by atoms with E-state index >= 15 is 0 Å². The van der Waals surface area contributed by atoms with Crippen molar-refractivity contribution >= 4 is 24.2 Å². The third-order valence-electron chi connectivity index (χ3n) is 3.55. The number of ether oxygens (including phenoxy) is 1. The second-order valence-electron chi connectivity index (χ2n) is 5.13. The Kier molecular flexibility index (Phi) is 7.14. The first kappa shape index (κ1) is 18.3. The van der Waals surface area contributed by atoms with Gasteiger partial charge in [-0.25, -0.2) is 0 Å². The van der Waals surface area contributed by atoms with Crippen LogP contribution in [0.15, 0.2) is 24.3 Å². The van der Waals surface area contributed by atoms with Gasteiger partial charge in [0.15, 0.2) is 0 Å². The molecule has 3 N–H and O–H groups in total. The fourth-order valence-corrected chi connectivity index (χ4v) is 2.33. The Morgan fingerprint density at radius 3 is 2.64 bits per heavy atom. The monoisotopic (exact) mass is 327 g/mol. The largest absolute Gasteiger partial charge is 0.493 e. The maximum absolute atomic E-state index is 12.1. The molecule has 1 unspecified atom stereocenters. The van der Waals surface area contributed by atoms with Gasteiger partial charge in [0.1, 0.15) is 5.75 Å². The van der Waals surface area contributed by atoms with Crippen molar-refractivity contribution in [3.05, 3.63) is 29.8 Å². The molecule has 0 bridgehead atoms. The van der Waals surface area contributed by atoms with Gasteiger partial charge in [-0.2, -0.15) is 0 Å². The van der Waals surface area contributed by atoms with Gasteiger partial charge in [0.25, 0.3) is 0 Å². The quantitative estimate of drug-likeness (QED) is 0.837. The maximum atomic E-state index is 12.1. The number of hydrogen-bond donors (Lipinski definition) is 2. The number of primary amides is 1. The first-order chi connectivity index (χ1) is 10.1. The third kappa shape index (κ3) is 4.89. The van der Waals surface area contributed by atoms with Crippen LogP contribution in [0.3, 0.4) is 0 Å². The van der Waals surface area contributed by atoms with Crippen LogP contribution >= 0.6 is 12.4 Å². The normalized spacial score (nSPS) is 17.5. The van der Waals surface area contributed by atoms with Crippen LogP contribution in [-0.2, 0) is 4.79 Å². The number of halogens is 1. The van der Waals surface area contributed by atoms with Crippen LogP contribution in [0.4, 0.5) is 0 Å². The van der Waals surface area contributed by atoms with Crippen LogP contribution in [0.25, 0.3) is 0 Å². The number of nitrogens with two attached hydrogens (primary N) is 1. The second kappa shape index (κ2) is 8.60. The average molecular weight is 328 g/mol. The minimum atomic E-state index is -0.468. The molecule has 122 valence electrons. The van der Waals surface area contributed by atoms with E-state index < -0.39 is 5.91 Å². The highest BCUT2D eigenvalue weighted by molar-refractivity contribution is 5.92. The molecule has 1 heterocycles. The van der Waals surface area contributed by atoms with Crippen molar-refractivity contribution in [3.63, 3.8) is 0 Å². The van der Waals surface area contributed by atoms with Gasteiger partial charge in [0, 0.05) is 31.2 Å². The number of carbonyl (C=O) groups is 2. The summed E-state index contributed by atoms with van der Waals surface area (Å²) in [5, 5.41) is 3.25. The Bertz CT molecular complexity index is 507. The number of hydrogen-bond acceptors (Lipinski definition) is 4. The standard InChI is InChI=1S/C15H21N3O3.ClH/c1-11-10-17-7-8-18(11)14(19)6-9-21-13-4-2-12(3-5-13)15(16)20;/h2-5,11,17H,6-10H2,1H3,(H2,16,20);1H. The second-order valence-corrected chi connectivity index (χ2v) is 5.13. The molecule has 0 aromatic heterocycles. The predicted octanol–water partition coefficient (Wildman–Crippen LogP) is 0.796. The van der Waals surface area contributed by atoms with Crippen molar-refractivity contribution < 1.29 is 14.3 Å². The van der Waals surface area contributed by atoms with E-state index in [0.717, 1.165) is 19.6 Å². The summed E-state index contributed by atoms with van der Waals surface area (Å²) in [6.07, 6.45) is 0.349. The van der Waals surface area contributed by atoms with Crippen molar-refractivity contribution in [1.82, 2.24) is 10.2 Å². The van der Waals surface area contributed by atoms with Gasteiger partial charge in [0.05, 0.1) is 13.0 Å². The first-order valence-electron chi connectivity index (χ1n) is 7.11. The summed E-state index contributed by atoms with van der Waals surface area (Å²) < 4.78 is 5.52. The summed E-state index contributed by atoms with van der Waals surface area (Å²) in [5.41, 5.74) is 5.60. The topological polar surface area (TPSA) is 84.7 Å². The van der Waals surface area contributed by atoms with Crippen molar-refractivity contribution in [2.45, 2.75) is 19.4 Å². The Balaban J connectivity index is 0.00000242. The van der Waals surface area contributed by atoms with Gasteiger partial charge in [-0.3, -0.25) is 9.59 Å². The molecule has 1 atom stereocenters. The molecule has 7 heteroatoms. The molecule has 0 aliphatic carbocycles. The lowest BCUT2D eigenvalue weighted by atomic mass is 10.2. The highest BCUT2D eigenvalue weighted by Gasteiger charge is 2.22. The molecule has 0 saturated carbocycles. The van der Waals surface area contributed by atoms with E-state index in [-0.39, 0.29) is 24.4 Å². The van der Waals surface area contributed by atoms with Crippen molar-refractivity contribution in [1.29, 1.82) is 0 Å². The molecule has 1 saturated heterocycles. The van der Waals surface area contributed by atoms with Gasteiger partial charge in [-0.1, -0.05) is 0 Å². The Labute approximate surface area is 136 Å². The molecule has 2 amide bonds. The SMILES string of the molecule is CC1CNCCN1C(=O)CCOc1ccc(C(N)=O)cc1.Cl. The fourth-order valence-electron chi connectivity index (χ4n) is 2.33. The average Bonchev–Trinajstić information content (AvgIpc) is 2.48. The number of rotatable bonds is 5. The number of nitrogens with one attached hydrogen (secondary N) is 1. The molecule has 1 aromatic rings. The molecule has 1 aromatic carbocycles. The van der Waals surface area contributed by atoms with Crippen molar-refractivity contribution in [2.24, 2.45) is 5.73 Å². The van der Waals surface area contributed by atoms with Crippen LogP contribution in [-0.4, -0.2) is 49.0 Å². The van der Waals surface area contributed by atoms with Crippen LogP contribution in [0.1, 0.15) is 23.7 Å². The van der Waals surface area contributed by atoms with E-state index in [1.165, 1.54) is 0 Å². The van der Waals surface area contributed by atoms with E-state index in [0.29, 0.717) is 24.3 Å². The number of amides is 2. The lowest BCUT2D eigenvalue weighted by Gasteiger charge is -2.34. The lowest BCUT2D eigenvalue weighted by molar-refractivity contribution is -0.134. The van der Waals surface area contributed by atoms with Gasteiger partial charge >= 0.3 is 0 Å². The number of piperazine rings is 1. The van der Waals surface area contributed by atoms with Gasteiger partial charge in [0.2, 0.25) is 11.8 Å². The summed E-state index contributed by atoms with van der Waals surface area (Å²) in [4.78, 5) is 24.9. The van der Waals surface area contributed by atoms with Crippen LogP contribution in [0.5, 0.6) is 5.75 Å². The zero-order valence-electron chi connectivity index (χ0n) is 12.6. The van der Waals surface area contributed by atoms with Crippen LogP contribution < -0.4 is 15.8 Å². The summed E-state index contributed by atoms with van der Waals surface area (Å²) in [6, 6.07) is 6.80. The molecular formula is C15H22ClN3O3. The fraction of sp³-hybridized carbons (Fsp3) is 0.467. The minimum absolute atomic E-state index is 0. The highest BCUT2D eigenvalue weighted by atomic mass is 35.5. The predicted molar refractivity (Wildman–Crippen MR) is 86.4 cm³/mol. The molecule has 0 radical (unpaired) electrons. The van der Waals surface area contributed by atoms with E-state index in [4.69, 9.17) is 10.5 Å². The molecule has 2 rings (SSSR count). The van der Waals surface area contributed by atoms with Crippen molar-refractivity contribution in [3.8, 4) is 5.75 Å². The van der Waals surface area contributed by atoms with Crippen LogP contribution in [0, 0.1) is 0 Å². The summed E-state index contributed by atoms with van der Waals surface area (Å²) in [7, 11) is 0. The number of nitrogens with zero attached hydrogens (tertiary/aromatic N) is 1. The van der Waals surface area contributed by atoms with Gasteiger partial charge in [-0.05, 0) is 31.2 Å².